The first-order chi connectivity index (χ1) is 24.5. The van der Waals surface area contributed by atoms with Crippen LogP contribution in [0.2, 0.25) is 0 Å². The van der Waals surface area contributed by atoms with Gasteiger partial charge >= 0.3 is 5.97 Å². The number of amides is 6. The lowest BCUT2D eigenvalue weighted by Crippen LogP contribution is -2.50. The van der Waals surface area contributed by atoms with Gasteiger partial charge in [-0.15, -0.1) is 0 Å². The number of nitrogens with one attached hydrogen (secondary N) is 4. The van der Waals surface area contributed by atoms with Gasteiger partial charge in [0.2, 0.25) is 23.6 Å². The van der Waals surface area contributed by atoms with E-state index in [4.69, 9.17) is 23.7 Å². The van der Waals surface area contributed by atoms with Crippen LogP contribution in [0.25, 0.3) is 0 Å². The molecular weight excluding hydrogens is 670 g/mol. The van der Waals surface area contributed by atoms with Crippen molar-refractivity contribution < 1.29 is 57.2 Å². The SMILES string of the molecule is CCC(=O)OCc1ccc(NC(=O)C(C)NC(=O)C(C)NC(=O)CCOCCOCCOCCOCCNC(=O)CCN2C(=O)C=CC2=O)cc1. The summed E-state index contributed by atoms with van der Waals surface area (Å²) in [6.07, 6.45) is 2.69. The number of imide groups is 1. The van der Waals surface area contributed by atoms with E-state index in [9.17, 15) is 33.6 Å². The molecule has 282 valence electrons. The Morgan fingerprint density at radius 1 is 0.686 bits per heavy atom. The van der Waals surface area contributed by atoms with Gasteiger partial charge in [0, 0.05) is 50.2 Å². The smallest absolute Gasteiger partial charge is 0.305 e. The number of ether oxygens (including phenoxy) is 5. The first-order valence-corrected chi connectivity index (χ1v) is 16.8. The van der Waals surface area contributed by atoms with Gasteiger partial charge in [-0.3, -0.25) is 38.5 Å². The van der Waals surface area contributed by atoms with Gasteiger partial charge in [0.1, 0.15) is 18.7 Å². The molecule has 2 rings (SSSR count). The first kappa shape index (κ1) is 42.5. The lowest BCUT2D eigenvalue weighted by atomic mass is 10.2. The molecule has 0 bridgehead atoms. The highest BCUT2D eigenvalue weighted by Crippen LogP contribution is 2.11. The van der Waals surface area contributed by atoms with E-state index < -0.39 is 35.7 Å². The van der Waals surface area contributed by atoms with Crippen molar-refractivity contribution in [2.75, 3.05) is 71.3 Å². The molecule has 0 radical (unpaired) electrons. The van der Waals surface area contributed by atoms with E-state index in [1.165, 1.54) is 26.0 Å². The Morgan fingerprint density at radius 3 is 1.82 bits per heavy atom. The van der Waals surface area contributed by atoms with Crippen LogP contribution in [-0.4, -0.2) is 124 Å². The van der Waals surface area contributed by atoms with Gasteiger partial charge in [-0.05, 0) is 31.5 Å². The van der Waals surface area contributed by atoms with Gasteiger partial charge in [-0.25, -0.2) is 0 Å². The molecule has 0 aliphatic carbocycles. The third-order valence-electron chi connectivity index (χ3n) is 7.05. The zero-order chi connectivity index (χ0) is 37.4. The number of anilines is 1. The molecule has 6 amide bonds. The fourth-order valence-electron chi connectivity index (χ4n) is 4.13. The normalized spacial score (nSPS) is 13.4. The fraction of sp³-hybridized carbons (Fsp3) is 0.559. The molecule has 17 nitrogen and oxygen atoms in total. The molecule has 17 heteroatoms. The minimum Gasteiger partial charge on any atom is -0.461 e. The largest absolute Gasteiger partial charge is 0.461 e. The number of hydrogen-bond acceptors (Lipinski definition) is 12. The predicted molar refractivity (Wildman–Crippen MR) is 182 cm³/mol. The summed E-state index contributed by atoms with van der Waals surface area (Å²) in [7, 11) is 0. The van der Waals surface area contributed by atoms with Crippen LogP contribution in [-0.2, 0) is 63.9 Å². The molecule has 4 N–H and O–H groups in total. The molecule has 51 heavy (non-hydrogen) atoms. The fourth-order valence-corrected chi connectivity index (χ4v) is 4.13. The summed E-state index contributed by atoms with van der Waals surface area (Å²) >= 11 is 0. The van der Waals surface area contributed by atoms with E-state index in [-0.39, 0.29) is 76.6 Å². The van der Waals surface area contributed by atoms with Crippen LogP contribution >= 0.6 is 0 Å². The second kappa shape index (κ2) is 24.4. The molecule has 0 fully saturated rings. The van der Waals surface area contributed by atoms with E-state index in [1.807, 2.05) is 0 Å². The maximum atomic E-state index is 12.5. The molecule has 0 aromatic heterocycles. The quantitative estimate of drug-likeness (QED) is 0.0564. The molecule has 1 heterocycles. The van der Waals surface area contributed by atoms with Gasteiger partial charge in [0.25, 0.3) is 11.8 Å². The van der Waals surface area contributed by atoms with Gasteiger partial charge < -0.3 is 45.0 Å². The van der Waals surface area contributed by atoms with Gasteiger partial charge in [0.15, 0.2) is 0 Å². The highest BCUT2D eigenvalue weighted by molar-refractivity contribution is 6.13. The number of rotatable bonds is 26. The molecule has 2 atom stereocenters. The first-order valence-electron chi connectivity index (χ1n) is 16.8. The van der Waals surface area contributed by atoms with Crippen LogP contribution in [0.3, 0.4) is 0 Å². The summed E-state index contributed by atoms with van der Waals surface area (Å²) in [4.78, 5) is 84.2. The van der Waals surface area contributed by atoms with E-state index in [2.05, 4.69) is 21.3 Å². The summed E-state index contributed by atoms with van der Waals surface area (Å²) in [5.74, 6) is -2.77. The Hall–Kier alpha value is -4.71. The number of esters is 1. The third kappa shape index (κ3) is 18.2. The molecule has 0 saturated heterocycles. The van der Waals surface area contributed by atoms with E-state index in [0.29, 0.717) is 38.7 Å². The number of carbonyl (C=O) groups is 7. The topological polar surface area (TPSA) is 217 Å². The minimum absolute atomic E-state index is 0.0216. The van der Waals surface area contributed by atoms with Crippen molar-refractivity contribution >= 4 is 47.1 Å². The second-order valence-electron chi connectivity index (χ2n) is 11.2. The minimum atomic E-state index is -0.872. The van der Waals surface area contributed by atoms with Crippen LogP contribution in [0.1, 0.15) is 45.6 Å². The monoisotopic (exact) mass is 719 g/mol. The Balaban J connectivity index is 1.40. The van der Waals surface area contributed by atoms with Crippen molar-refractivity contribution in [3.05, 3.63) is 42.0 Å². The Bertz CT molecular complexity index is 1320. The van der Waals surface area contributed by atoms with Crippen molar-refractivity contribution in [3.8, 4) is 0 Å². The van der Waals surface area contributed by atoms with E-state index in [1.54, 1.807) is 31.2 Å². The Morgan fingerprint density at radius 2 is 1.24 bits per heavy atom. The number of nitrogens with zero attached hydrogens (tertiary/aromatic N) is 1. The molecule has 2 unspecified atom stereocenters. The number of benzene rings is 1. The maximum Gasteiger partial charge on any atom is 0.305 e. The van der Waals surface area contributed by atoms with Crippen molar-refractivity contribution in [1.82, 2.24) is 20.9 Å². The van der Waals surface area contributed by atoms with Gasteiger partial charge in [-0.2, -0.15) is 0 Å². The molecule has 1 aromatic rings. The van der Waals surface area contributed by atoms with Gasteiger partial charge in [-0.1, -0.05) is 19.1 Å². The molecule has 1 aliphatic rings. The average molecular weight is 720 g/mol. The molecular formula is C34H49N5O12. The van der Waals surface area contributed by atoms with E-state index >= 15 is 0 Å². The van der Waals surface area contributed by atoms with Crippen molar-refractivity contribution in [3.63, 3.8) is 0 Å². The number of carbonyl (C=O) groups excluding carboxylic acids is 7. The molecule has 1 aliphatic heterocycles. The zero-order valence-corrected chi connectivity index (χ0v) is 29.4. The summed E-state index contributed by atoms with van der Waals surface area (Å²) < 4.78 is 26.7. The Labute approximate surface area is 297 Å². The van der Waals surface area contributed by atoms with Gasteiger partial charge in [0.05, 0.1) is 52.9 Å². The van der Waals surface area contributed by atoms with Crippen molar-refractivity contribution in [1.29, 1.82) is 0 Å². The maximum absolute atomic E-state index is 12.5. The lowest BCUT2D eigenvalue weighted by Gasteiger charge is -2.18. The third-order valence-corrected chi connectivity index (χ3v) is 7.05. The van der Waals surface area contributed by atoms with E-state index in [0.717, 1.165) is 10.5 Å². The number of hydrogen-bond donors (Lipinski definition) is 4. The Kier molecular flexibility index (Phi) is 20.3. The summed E-state index contributed by atoms with van der Waals surface area (Å²) in [5, 5.41) is 10.5. The predicted octanol–water partition coefficient (Wildman–Crippen LogP) is -0.0245. The molecule has 1 aromatic carbocycles. The average Bonchev–Trinajstić information content (AvgIpc) is 3.44. The highest BCUT2D eigenvalue weighted by Gasteiger charge is 2.24. The summed E-state index contributed by atoms with van der Waals surface area (Å²) in [6, 6.07) is 5.03. The lowest BCUT2D eigenvalue weighted by molar-refractivity contribution is -0.144. The molecule has 0 spiro atoms. The van der Waals surface area contributed by atoms with Crippen LogP contribution in [0, 0.1) is 0 Å². The molecule has 0 saturated carbocycles. The zero-order valence-electron chi connectivity index (χ0n) is 29.4. The second-order valence-corrected chi connectivity index (χ2v) is 11.2. The van der Waals surface area contributed by atoms with Crippen molar-refractivity contribution in [2.24, 2.45) is 0 Å². The van der Waals surface area contributed by atoms with Crippen molar-refractivity contribution in [2.45, 2.75) is 58.7 Å². The van der Waals surface area contributed by atoms with Crippen LogP contribution in [0.5, 0.6) is 0 Å². The van der Waals surface area contributed by atoms with Crippen LogP contribution in [0.15, 0.2) is 36.4 Å². The van der Waals surface area contributed by atoms with Crippen LogP contribution in [0.4, 0.5) is 5.69 Å². The summed E-state index contributed by atoms with van der Waals surface area (Å²) in [6.45, 7) is 7.54. The standard InChI is InChI=1S/C34H49N5O12/c1-4-32(44)51-23-26-5-7-27(8-6-26)38-34(46)25(3)37-33(45)24(2)36-29(41)12-15-47-17-19-49-21-22-50-20-18-48-16-13-35-28(40)11-14-39-30(42)9-10-31(39)43/h5-10,24-25H,4,11-23H2,1-3H3,(H,35,40)(H,36,41)(H,37,45)(H,38,46). The van der Waals surface area contributed by atoms with Crippen LogP contribution < -0.4 is 21.3 Å². The highest BCUT2D eigenvalue weighted by atomic mass is 16.6. The summed E-state index contributed by atoms with van der Waals surface area (Å²) in [5.41, 5.74) is 1.28.